The van der Waals surface area contributed by atoms with E-state index in [0.717, 1.165) is 31.4 Å². The molecule has 4 rings (SSSR count). The van der Waals surface area contributed by atoms with Crippen molar-refractivity contribution in [2.75, 3.05) is 19.6 Å². The van der Waals surface area contributed by atoms with Crippen LogP contribution in [-0.4, -0.2) is 48.4 Å². The first-order chi connectivity index (χ1) is 11.4. The molecule has 1 saturated carbocycles. The van der Waals surface area contributed by atoms with Crippen LogP contribution >= 0.6 is 0 Å². The number of amides is 1. The predicted molar refractivity (Wildman–Crippen MR) is 91.8 cm³/mol. The minimum atomic E-state index is -3.17. The number of carbonyl (C=O) groups is 1. The van der Waals surface area contributed by atoms with Gasteiger partial charge in [-0.1, -0.05) is 29.8 Å². The van der Waals surface area contributed by atoms with Crippen LogP contribution in [0.3, 0.4) is 0 Å². The number of aryl methyl sites for hydroxylation is 1. The fourth-order valence-corrected chi connectivity index (χ4v) is 6.01. The number of nitrogens with zero attached hydrogens (tertiary/aromatic N) is 2. The third-order valence-corrected chi connectivity index (χ3v) is 8.03. The summed E-state index contributed by atoms with van der Waals surface area (Å²) in [5.41, 5.74) is 1.85. The Morgan fingerprint density at radius 2 is 1.96 bits per heavy atom. The molecule has 24 heavy (non-hydrogen) atoms. The molecule has 0 bridgehead atoms. The molecule has 1 aromatic rings. The Morgan fingerprint density at radius 1 is 1.21 bits per heavy atom. The summed E-state index contributed by atoms with van der Waals surface area (Å²) in [6, 6.07) is 8.22. The maximum atomic E-state index is 13.0. The molecule has 2 aliphatic heterocycles. The summed E-state index contributed by atoms with van der Waals surface area (Å²) < 4.78 is 26.5. The first-order valence-electron chi connectivity index (χ1n) is 8.75. The van der Waals surface area contributed by atoms with Crippen LogP contribution < -0.4 is 0 Å². The van der Waals surface area contributed by atoms with Crippen LogP contribution in [0.1, 0.15) is 36.8 Å². The predicted octanol–water partition coefficient (Wildman–Crippen LogP) is 1.91. The van der Waals surface area contributed by atoms with Crippen LogP contribution in [0, 0.1) is 12.3 Å². The van der Waals surface area contributed by atoms with Crippen molar-refractivity contribution in [1.82, 2.24) is 9.21 Å². The highest BCUT2D eigenvalue weighted by atomic mass is 32.2. The summed E-state index contributed by atoms with van der Waals surface area (Å²) in [7, 11) is -3.17. The lowest BCUT2D eigenvalue weighted by molar-refractivity contribution is -0.135. The maximum Gasteiger partial charge on any atom is 0.230 e. The molecule has 1 amide bonds. The van der Waals surface area contributed by atoms with Crippen molar-refractivity contribution in [3.63, 3.8) is 0 Å². The average Bonchev–Trinajstić information content (AvgIpc) is 3.26. The Labute approximate surface area is 143 Å². The van der Waals surface area contributed by atoms with E-state index in [1.54, 1.807) is 4.31 Å². The van der Waals surface area contributed by atoms with Crippen LogP contribution in [0.25, 0.3) is 0 Å². The van der Waals surface area contributed by atoms with E-state index in [4.69, 9.17) is 0 Å². The molecular weight excluding hydrogens is 324 g/mol. The van der Waals surface area contributed by atoms with Crippen LogP contribution in [0.15, 0.2) is 24.3 Å². The number of hydrogen-bond donors (Lipinski definition) is 0. The van der Waals surface area contributed by atoms with Crippen LogP contribution in [0.4, 0.5) is 0 Å². The standard InChI is InChI=1S/C18H24N2O3S/c1-14-3-2-4-15(11-14)12-19-9-7-18(17(19)21)8-10-20(13-18)24(22,23)16-5-6-16/h2-4,11,16H,5-10,12-13H2,1H3/t18-/m0/s1. The first kappa shape index (κ1) is 16.1. The Bertz CT molecular complexity index is 772. The Morgan fingerprint density at radius 3 is 2.67 bits per heavy atom. The van der Waals surface area contributed by atoms with Crippen LogP contribution in [0.5, 0.6) is 0 Å². The van der Waals surface area contributed by atoms with E-state index in [1.165, 1.54) is 5.56 Å². The molecule has 1 aromatic carbocycles. The van der Waals surface area contributed by atoms with Crippen molar-refractivity contribution in [1.29, 1.82) is 0 Å². The van der Waals surface area contributed by atoms with Crippen molar-refractivity contribution >= 4 is 15.9 Å². The van der Waals surface area contributed by atoms with Gasteiger partial charge in [-0.05, 0) is 38.2 Å². The molecule has 0 aromatic heterocycles. The molecule has 3 fully saturated rings. The van der Waals surface area contributed by atoms with Gasteiger partial charge >= 0.3 is 0 Å². The highest BCUT2D eigenvalue weighted by molar-refractivity contribution is 7.90. The summed E-state index contributed by atoms with van der Waals surface area (Å²) in [6.07, 6.45) is 3.00. The molecule has 0 radical (unpaired) electrons. The lowest BCUT2D eigenvalue weighted by Gasteiger charge is -2.23. The van der Waals surface area contributed by atoms with Gasteiger partial charge in [0, 0.05) is 26.2 Å². The summed E-state index contributed by atoms with van der Waals surface area (Å²) in [5.74, 6) is 0.137. The summed E-state index contributed by atoms with van der Waals surface area (Å²) >= 11 is 0. The fourth-order valence-electron chi connectivity index (χ4n) is 4.08. The monoisotopic (exact) mass is 348 g/mol. The second-order valence-corrected chi connectivity index (χ2v) is 9.79. The minimum absolute atomic E-state index is 0.137. The normalized spacial score (nSPS) is 28.2. The molecule has 130 valence electrons. The Balaban J connectivity index is 1.47. The number of hydrogen-bond acceptors (Lipinski definition) is 3. The third-order valence-electron chi connectivity index (χ3n) is 5.68. The number of benzene rings is 1. The highest BCUT2D eigenvalue weighted by Crippen LogP contribution is 2.44. The van der Waals surface area contributed by atoms with Crippen LogP contribution in [0.2, 0.25) is 0 Å². The van der Waals surface area contributed by atoms with E-state index in [1.807, 2.05) is 30.0 Å². The maximum absolute atomic E-state index is 13.0. The molecule has 0 unspecified atom stereocenters. The van der Waals surface area contributed by atoms with E-state index in [9.17, 15) is 13.2 Å². The van der Waals surface area contributed by atoms with Gasteiger partial charge in [0.05, 0.1) is 10.7 Å². The summed E-state index contributed by atoms with van der Waals surface area (Å²) in [5, 5.41) is -0.187. The van der Waals surface area contributed by atoms with E-state index in [-0.39, 0.29) is 11.2 Å². The van der Waals surface area contributed by atoms with E-state index in [0.29, 0.717) is 26.1 Å². The van der Waals surface area contributed by atoms with Gasteiger partial charge < -0.3 is 4.90 Å². The number of rotatable bonds is 4. The number of sulfonamides is 1. The largest absolute Gasteiger partial charge is 0.338 e. The number of likely N-dealkylation sites (tertiary alicyclic amines) is 1. The second-order valence-electron chi connectivity index (χ2n) is 7.57. The highest BCUT2D eigenvalue weighted by Gasteiger charge is 2.54. The SMILES string of the molecule is Cc1cccc(CN2CC[C@@]3(CCN(S(=O)(=O)C4CC4)C3)C2=O)c1. The molecule has 0 N–H and O–H groups in total. The minimum Gasteiger partial charge on any atom is -0.338 e. The van der Waals surface area contributed by atoms with Crippen LogP contribution in [-0.2, 0) is 21.4 Å². The zero-order chi connectivity index (χ0) is 16.9. The molecular formula is C18H24N2O3S. The lowest BCUT2D eigenvalue weighted by atomic mass is 9.86. The summed E-state index contributed by atoms with van der Waals surface area (Å²) in [6.45, 7) is 4.29. The lowest BCUT2D eigenvalue weighted by Crippen LogP contribution is -2.39. The molecule has 1 atom stereocenters. The van der Waals surface area contributed by atoms with E-state index < -0.39 is 15.4 Å². The van der Waals surface area contributed by atoms with Gasteiger partial charge in [0.2, 0.25) is 15.9 Å². The molecule has 2 saturated heterocycles. The zero-order valence-electron chi connectivity index (χ0n) is 14.1. The van der Waals surface area contributed by atoms with E-state index >= 15 is 0 Å². The van der Waals surface area contributed by atoms with Crippen molar-refractivity contribution in [3.8, 4) is 0 Å². The molecule has 1 aliphatic carbocycles. The van der Waals surface area contributed by atoms with Gasteiger partial charge in [0.25, 0.3) is 0 Å². The quantitative estimate of drug-likeness (QED) is 0.835. The van der Waals surface area contributed by atoms with Crippen molar-refractivity contribution < 1.29 is 13.2 Å². The molecule has 1 spiro atoms. The fraction of sp³-hybridized carbons (Fsp3) is 0.611. The second kappa shape index (κ2) is 5.56. The Kier molecular flexibility index (Phi) is 3.73. The van der Waals surface area contributed by atoms with Crippen molar-refractivity contribution in [2.45, 2.75) is 44.4 Å². The topological polar surface area (TPSA) is 57.7 Å². The zero-order valence-corrected chi connectivity index (χ0v) is 14.9. The van der Waals surface area contributed by atoms with E-state index in [2.05, 4.69) is 6.07 Å². The average molecular weight is 348 g/mol. The Hall–Kier alpha value is -1.40. The van der Waals surface area contributed by atoms with Gasteiger partial charge in [0.1, 0.15) is 0 Å². The van der Waals surface area contributed by atoms with Crippen molar-refractivity contribution in [3.05, 3.63) is 35.4 Å². The van der Waals surface area contributed by atoms with Gasteiger partial charge in [-0.3, -0.25) is 4.79 Å². The van der Waals surface area contributed by atoms with Crippen molar-refractivity contribution in [2.24, 2.45) is 5.41 Å². The van der Waals surface area contributed by atoms with Gasteiger partial charge in [-0.2, -0.15) is 0 Å². The first-order valence-corrected chi connectivity index (χ1v) is 10.2. The smallest absolute Gasteiger partial charge is 0.230 e. The van der Waals surface area contributed by atoms with Gasteiger partial charge in [0.15, 0.2) is 0 Å². The summed E-state index contributed by atoms with van der Waals surface area (Å²) in [4.78, 5) is 14.9. The van der Waals surface area contributed by atoms with Gasteiger partial charge in [-0.15, -0.1) is 0 Å². The molecule has 3 aliphatic rings. The number of carbonyl (C=O) groups excluding carboxylic acids is 1. The third kappa shape index (κ3) is 2.65. The molecule has 2 heterocycles. The molecule has 5 nitrogen and oxygen atoms in total. The van der Waals surface area contributed by atoms with Gasteiger partial charge in [-0.25, -0.2) is 12.7 Å². The molecule has 6 heteroatoms.